The monoisotopic (exact) mass is 317 g/mol. The van der Waals surface area contributed by atoms with Crippen molar-refractivity contribution < 1.29 is 18.4 Å². The molecule has 4 N–H and O–H groups in total. The van der Waals surface area contributed by atoms with Gasteiger partial charge < -0.3 is 10.8 Å². The van der Waals surface area contributed by atoms with Crippen molar-refractivity contribution >= 4 is 15.7 Å². The number of phenols is 1. The van der Waals surface area contributed by atoms with Gasteiger partial charge in [-0.3, -0.25) is 10.1 Å². The molecule has 8 nitrogen and oxygen atoms in total. The summed E-state index contributed by atoms with van der Waals surface area (Å²) >= 11 is 0. The van der Waals surface area contributed by atoms with Crippen molar-refractivity contribution in [1.82, 2.24) is 4.72 Å². The van der Waals surface area contributed by atoms with Gasteiger partial charge in [-0.25, -0.2) is 13.1 Å². The van der Waals surface area contributed by atoms with Gasteiger partial charge in [0.1, 0.15) is 0 Å². The lowest BCUT2D eigenvalue weighted by Crippen LogP contribution is -2.52. The minimum Gasteiger partial charge on any atom is -0.502 e. The first-order valence-corrected chi connectivity index (χ1v) is 7.91. The van der Waals surface area contributed by atoms with Gasteiger partial charge in [0.15, 0.2) is 5.75 Å². The minimum atomic E-state index is -3.97. The minimum absolute atomic E-state index is 0.111. The Morgan fingerprint density at radius 3 is 2.38 bits per heavy atom. The molecule has 1 rings (SSSR count). The fourth-order valence-electron chi connectivity index (χ4n) is 1.89. The summed E-state index contributed by atoms with van der Waals surface area (Å²) in [5.74, 6) is -0.588. The maximum absolute atomic E-state index is 12.3. The van der Waals surface area contributed by atoms with Gasteiger partial charge in [-0.2, -0.15) is 0 Å². The molecule has 0 amide bonds. The van der Waals surface area contributed by atoms with E-state index in [0.717, 1.165) is 18.2 Å². The van der Waals surface area contributed by atoms with Crippen LogP contribution in [0.4, 0.5) is 5.69 Å². The van der Waals surface area contributed by atoms with Crippen LogP contribution in [0.5, 0.6) is 5.75 Å². The van der Waals surface area contributed by atoms with Crippen molar-refractivity contribution in [1.29, 1.82) is 0 Å². The number of aromatic hydroxyl groups is 1. The third-order valence-corrected chi connectivity index (χ3v) is 5.13. The van der Waals surface area contributed by atoms with E-state index in [-0.39, 0.29) is 11.4 Å². The summed E-state index contributed by atoms with van der Waals surface area (Å²) < 4.78 is 27.2. The summed E-state index contributed by atoms with van der Waals surface area (Å²) in [6.07, 6.45) is 0.971. The Morgan fingerprint density at radius 1 is 1.38 bits per heavy atom. The molecule has 0 unspecified atom stereocenters. The first-order valence-electron chi connectivity index (χ1n) is 6.43. The van der Waals surface area contributed by atoms with Crippen LogP contribution in [0.25, 0.3) is 0 Å². The third-order valence-electron chi connectivity index (χ3n) is 3.55. The van der Waals surface area contributed by atoms with Crippen molar-refractivity contribution in [2.24, 2.45) is 5.73 Å². The Balaban J connectivity index is 3.26. The molecule has 1 aromatic rings. The molecule has 1 aromatic carbocycles. The number of phenolic OH excluding ortho intramolecular Hbond substituents is 1. The molecule has 0 heterocycles. The lowest BCUT2D eigenvalue weighted by atomic mass is 9.95. The van der Waals surface area contributed by atoms with E-state index in [1.165, 1.54) is 0 Å². The molecule has 0 aliphatic rings. The molecular weight excluding hydrogens is 298 g/mol. The van der Waals surface area contributed by atoms with E-state index in [1.54, 1.807) is 13.8 Å². The number of nitro groups is 1. The van der Waals surface area contributed by atoms with Gasteiger partial charge >= 0.3 is 5.69 Å². The quantitative estimate of drug-likeness (QED) is 0.509. The Morgan fingerprint density at radius 2 is 1.95 bits per heavy atom. The SMILES string of the molecule is CCC(CC)(CN)NS(=O)(=O)c1ccc(O)c([N+](=O)[O-])c1. The molecule has 9 heteroatoms. The Hall–Kier alpha value is -1.71. The molecule has 0 saturated heterocycles. The maximum atomic E-state index is 12.3. The van der Waals surface area contributed by atoms with Gasteiger partial charge in [0.25, 0.3) is 0 Å². The number of hydrogen-bond acceptors (Lipinski definition) is 6. The summed E-state index contributed by atoms with van der Waals surface area (Å²) in [6, 6.07) is 2.91. The summed E-state index contributed by atoms with van der Waals surface area (Å²) in [4.78, 5) is 9.64. The highest BCUT2D eigenvalue weighted by Gasteiger charge is 2.31. The van der Waals surface area contributed by atoms with Crippen LogP contribution in [-0.4, -0.2) is 30.5 Å². The molecule has 0 aliphatic heterocycles. The molecule has 0 bridgehead atoms. The van der Waals surface area contributed by atoms with Gasteiger partial charge in [0.2, 0.25) is 10.0 Å². The van der Waals surface area contributed by atoms with E-state index in [0.29, 0.717) is 12.8 Å². The number of sulfonamides is 1. The summed E-state index contributed by atoms with van der Waals surface area (Å²) in [7, 11) is -3.97. The second kappa shape index (κ2) is 6.37. The largest absolute Gasteiger partial charge is 0.502 e. The standard InChI is InChI=1S/C12H19N3O5S/c1-3-12(4-2,8-13)14-21(19,20)9-5-6-11(16)10(7-9)15(17)18/h5-7,14,16H,3-4,8,13H2,1-2H3. The van der Waals surface area contributed by atoms with Crippen LogP contribution in [0.2, 0.25) is 0 Å². The normalized spacial score (nSPS) is 12.3. The number of nitrogens with two attached hydrogens (primary N) is 1. The Bertz CT molecular complexity index is 618. The lowest BCUT2D eigenvalue weighted by molar-refractivity contribution is -0.386. The summed E-state index contributed by atoms with van der Waals surface area (Å²) in [6.45, 7) is 3.72. The Labute approximate surface area is 123 Å². The predicted octanol–water partition coefficient (Wildman–Crippen LogP) is 1.10. The van der Waals surface area contributed by atoms with Gasteiger partial charge in [-0.15, -0.1) is 0 Å². The number of rotatable bonds is 7. The van der Waals surface area contributed by atoms with E-state index in [9.17, 15) is 23.6 Å². The molecule has 0 atom stereocenters. The van der Waals surface area contributed by atoms with Crippen molar-refractivity contribution in [3.05, 3.63) is 28.3 Å². The molecule has 0 radical (unpaired) electrons. The number of nitrogens with one attached hydrogen (secondary N) is 1. The lowest BCUT2D eigenvalue weighted by Gasteiger charge is -2.30. The van der Waals surface area contributed by atoms with Gasteiger partial charge in [0, 0.05) is 18.2 Å². The maximum Gasteiger partial charge on any atom is 0.312 e. The summed E-state index contributed by atoms with van der Waals surface area (Å²) in [5, 5.41) is 20.1. The number of nitrogens with zero attached hydrogens (tertiary/aromatic N) is 1. The van der Waals surface area contributed by atoms with E-state index in [1.807, 2.05) is 0 Å². The van der Waals surface area contributed by atoms with Crippen molar-refractivity contribution in [2.45, 2.75) is 37.1 Å². The van der Waals surface area contributed by atoms with Crippen molar-refractivity contribution in [3.63, 3.8) is 0 Å². The third kappa shape index (κ3) is 3.69. The topological polar surface area (TPSA) is 136 Å². The van der Waals surface area contributed by atoms with Gasteiger partial charge in [-0.1, -0.05) is 13.8 Å². The highest BCUT2D eigenvalue weighted by atomic mass is 32.2. The van der Waals surface area contributed by atoms with Crippen molar-refractivity contribution in [2.75, 3.05) is 6.54 Å². The van der Waals surface area contributed by atoms with Crippen LogP contribution < -0.4 is 10.5 Å². The van der Waals surface area contributed by atoms with Crippen LogP contribution in [0.1, 0.15) is 26.7 Å². The fourth-order valence-corrected chi connectivity index (χ4v) is 3.46. The molecule has 0 fully saturated rings. The van der Waals surface area contributed by atoms with Crippen LogP contribution in [0.15, 0.2) is 23.1 Å². The van der Waals surface area contributed by atoms with Crippen LogP contribution in [-0.2, 0) is 10.0 Å². The molecule has 0 saturated carbocycles. The summed E-state index contributed by atoms with van der Waals surface area (Å²) in [5.41, 5.74) is 4.18. The molecular formula is C12H19N3O5S. The number of hydrogen-bond donors (Lipinski definition) is 3. The zero-order valence-electron chi connectivity index (χ0n) is 11.9. The van der Waals surface area contributed by atoms with Gasteiger partial charge in [-0.05, 0) is 25.0 Å². The van der Waals surface area contributed by atoms with E-state index in [4.69, 9.17) is 5.73 Å². The van der Waals surface area contributed by atoms with Crippen LogP contribution in [0, 0.1) is 10.1 Å². The average molecular weight is 317 g/mol. The van der Waals surface area contributed by atoms with Crippen LogP contribution in [0.3, 0.4) is 0 Å². The van der Waals surface area contributed by atoms with E-state index >= 15 is 0 Å². The second-order valence-corrected chi connectivity index (χ2v) is 6.39. The number of nitro benzene ring substituents is 1. The predicted molar refractivity (Wildman–Crippen MR) is 77.5 cm³/mol. The Kier molecular flexibility index (Phi) is 5.26. The second-order valence-electron chi connectivity index (χ2n) is 4.70. The molecule has 118 valence electrons. The highest BCUT2D eigenvalue weighted by Crippen LogP contribution is 2.29. The van der Waals surface area contributed by atoms with Crippen LogP contribution >= 0.6 is 0 Å². The fraction of sp³-hybridized carbons (Fsp3) is 0.500. The highest BCUT2D eigenvalue weighted by molar-refractivity contribution is 7.89. The van der Waals surface area contributed by atoms with Gasteiger partial charge in [0.05, 0.1) is 9.82 Å². The average Bonchev–Trinajstić information content (AvgIpc) is 2.44. The van der Waals surface area contributed by atoms with E-state index in [2.05, 4.69) is 4.72 Å². The molecule has 0 spiro atoms. The zero-order valence-corrected chi connectivity index (χ0v) is 12.7. The molecule has 21 heavy (non-hydrogen) atoms. The molecule has 0 aromatic heterocycles. The van der Waals surface area contributed by atoms with Crippen molar-refractivity contribution in [3.8, 4) is 5.75 Å². The molecule has 0 aliphatic carbocycles. The van der Waals surface area contributed by atoms with E-state index < -0.39 is 31.9 Å². The first kappa shape index (κ1) is 17.3. The number of benzene rings is 1. The smallest absolute Gasteiger partial charge is 0.312 e. The first-order chi connectivity index (χ1) is 9.71. The zero-order chi connectivity index (χ0) is 16.3.